The van der Waals surface area contributed by atoms with E-state index in [-0.39, 0.29) is 16.8 Å². The third kappa shape index (κ3) is 8.75. The van der Waals surface area contributed by atoms with Gasteiger partial charge in [0, 0.05) is 13.1 Å². The van der Waals surface area contributed by atoms with Gasteiger partial charge in [-0.3, -0.25) is 5.32 Å². The van der Waals surface area contributed by atoms with Crippen LogP contribution in [0.25, 0.3) is 0 Å². The molecule has 2 aromatic carbocycles. The lowest BCUT2D eigenvalue weighted by Crippen LogP contribution is -2.31. The molecule has 6 nitrogen and oxygen atoms in total. The van der Waals surface area contributed by atoms with Gasteiger partial charge in [-0.2, -0.15) is 0 Å². The number of nitrogens with one attached hydrogen (secondary N) is 1. The number of benzene rings is 2. The highest BCUT2D eigenvalue weighted by atomic mass is 16.5. The number of carbonyl (C=O) groups is 1. The Labute approximate surface area is 224 Å². The molecule has 2 aromatic rings. The number of phenols is 1. The second-order valence-electron chi connectivity index (χ2n) is 11.5. The Balaban J connectivity index is 2.27. The number of hydrogen-bond acceptors (Lipinski definition) is 6. The lowest BCUT2D eigenvalue weighted by atomic mass is 9.77. The van der Waals surface area contributed by atoms with Gasteiger partial charge < -0.3 is 19.5 Å². The van der Waals surface area contributed by atoms with Crippen molar-refractivity contribution in [2.24, 2.45) is 0 Å². The summed E-state index contributed by atoms with van der Waals surface area (Å²) in [6, 6.07) is 11.2. The van der Waals surface area contributed by atoms with Crippen LogP contribution >= 0.6 is 0 Å². The molecule has 0 saturated heterocycles. The number of hydrogen-bond donors (Lipinski definition) is 2. The molecule has 0 radical (unpaired) electrons. The third-order valence-electron chi connectivity index (χ3n) is 6.61. The molecule has 0 aliphatic carbocycles. The minimum atomic E-state index is -0.659. The number of phenolic OH excluding ortho intramolecular Hbond substituents is 1. The van der Waals surface area contributed by atoms with E-state index in [2.05, 4.69) is 65.6 Å². The summed E-state index contributed by atoms with van der Waals surface area (Å²) in [5.74, 6) is 0.799. The molecule has 0 aliphatic rings. The van der Waals surface area contributed by atoms with E-state index in [0.29, 0.717) is 25.5 Å². The molecule has 0 aromatic heterocycles. The van der Waals surface area contributed by atoms with Gasteiger partial charge in [0.1, 0.15) is 24.1 Å². The van der Waals surface area contributed by atoms with Crippen LogP contribution in [0, 0.1) is 0 Å². The average Bonchev–Trinajstić information content (AvgIpc) is 2.82. The predicted octanol–water partition coefficient (Wildman–Crippen LogP) is 6.10. The molecule has 1 unspecified atom stereocenters. The van der Waals surface area contributed by atoms with E-state index in [0.717, 1.165) is 47.6 Å². The van der Waals surface area contributed by atoms with Gasteiger partial charge in [0.2, 0.25) is 0 Å². The number of likely N-dealkylation sites (N-methyl/N-ethyl adjacent to an activating group) is 1. The van der Waals surface area contributed by atoms with Crippen LogP contribution in [-0.4, -0.2) is 48.8 Å². The van der Waals surface area contributed by atoms with Crippen molar-refractivity contribution in [2.75, 3.05) is 32.8 Å². The van der Waals surface area contributed by atoms with Crippen LogP contribution in [0.5, 0.6) is 11.5 Å². The number of aromatic hydroxyl groups is 1. The number of carbonyl (C=O) groups excluding carboxylic acids is 1. The van der Waals surface area contributed by atoms with E-state index in [1.54, 1.807) is 0 Å². The number of rotatable bonds is 12. The molecular formula is C31H48N2O4. The van der Waals surface area contributed by atoms with Crippen molar-refractivity contribution in [3.63, 3.8) is 0 Å². The standard InChI is InChI=1S/C31H48N2O4/c1-10-33(11-2)17-18-37-24-15-13-22(14-16-24)21-32-27(29(35)36-12-3)23-19-25(30(4,5)6)28(34)26(20-23)31(7,8)9/h13-16,19-20,27,32,34H,10-12,17-18,21H2,1-9H3. The molecule has 37 heavy (non-hydrogen) atoms. The van der Waals surface area contributed by atoms with Gasteiger partial charge in [0.25, 0.3) is 0 Å². The Bertz CT molecular complexity index is 964. The molecule has 0 fully saturated rings. The Hall–Kier alpha value is -2.57. The zero-order valence-electron chi connectivity index (χ0n) is 24.4. The quantitative estimate of drug-likeness (QED) is 0.335. The van der Waals surface area contributed by atoms with Crippen molar-refractivity contribution >= 4 is 5.97 Å². The van der Waals surface area contributed by atoms with Crippen molar-refractivity contribution < 1.29 is 19.4 Å². The highest BCUT2D eigenvalue weighted by Crippen LogP contribution is 2.41. The molecular weight excluding hydrogens is 464 g/mol. The second kappa shape index (κ2) is 13.3. The van der Waals surface area contributed by atoms with Gasteiger partial charge in [-0.15, -0.1) is 0 Å². The minimum Gasteiger partial charge on any atom is -0.507 e. The van der Waals surface area contributed by atoms with Crippen molar-refractivity contribution in [3.8, 4) is 11.5 Å². The van der Waals surface area contributed by atoms with E-state index in [9.17, 15) is 9.90 Å². The van der Waals surface area contributed by atoms with E-state index >= 15 is 0 Å². The molecule has 0 amide bonds. The van der Waals surface area contributed by atoms with E-state index in [1.165, 1.54) is 0 Å². The van der Waals surface area contributed by atoms with Crippen LogP contribution in [0.1, 0.15) is 90.6 Å². The van der Waals surface area contributed by atoms with Gasteiger partial charge in [-0.05, 0) is 77.4 Å². The lowest BCUT2D eigenvalue weighted by molar-refractivity contribution is -0.145. The maximum absolute atomic E-state index is 13.1. The van der Waals surface area contributed by atoms with Crippen LogP contribution in [0.3, 0.4) is 0 Å². The van der Waals surface area contributed by atoms with Crippen LogP contribution in [0.15, 0.2) is 36.4 Å². The summed E-state index contributed by atoms with van der Waals surface area (Å²) < 4.78 is 11.3. The molecule has 2 rings (SSSR count). The molecule has 6 heteroatoms. The van der Waals surface area contributed by atoms with E-state index < -0.39 is 6.04 Å². The Morgan fingerprint density at radius 3 is 1.95 bits per heavy atom. The zero-order chi connectivity index (χ0) is 27.8. The summed E-state index contributed by atoms with van der Waals surface area (Å²) in [6.45, 7) is 22.9. The Morgan fingerprint density at radius 2 is 1.49 bits per heavy atom. The fraction of sp³-hybridized carbons (Fsp3) is 0.581. The Kier molecular flexibility index (Phi) is 11.0. The number of esters is 1. The van der Waals surface area contributed by atoms with Crippen LogP contribution in [0.4, 0.5) is 0 Å². The average molecular weight is 513 g/mol. The monoisotopic (exact) mass is 512 g/mol. The van der Waals surface area contributed by atoms with Gasteiger partial charge >= 0.3 is 5.97 Å². The molecule has 1 atom stereocenters. The predicted molar refractivity (Wildman–Crippen MR) is 151 cm³/mol. The van der Waals surface area contributed by atoms with E-state index in [4.69, 9.17) is 9.47 Å². The van der Waals surface area contributed by atoms with Crippen molar-refractivity contribution in [1.82, 2.24) is 10.2 Å². The number of nitrogens with zero attached hydrogens (tertiary/aromatic N) is 1. The zero-order valence-corrected chi connectivity index (χ0v) is 24.4. The fourth-order valence-corrected chi connectivity index (χ4v) is 4.29. The first-order valence-corrected chi connectivity index (χ1v) is 13.5. The molecule has 206 valence electrons. The first-order chi connectivity index (χ1) is 17.3. The van der Waals surface area contributed by atoms with Gasteiger partial charge in [-0.25, -0.2) is 4.79 Å². The summed E-state index contributed by atoms with van der Waals surface area (Å²) in [5.41, 5.74) is 2.88. The summed E-state index contributed by atoms with van der Waals surface area (Å²) in [7, 11) is 0. The molecule has 0 heterocycles. The molecule has 0 bridgehead atoms. The topological polar surface area (TPSA) is 71.0 Å². The summed E-state index contributed by atoms with van der Waals surface area (Å²) in [6.07, 6.45) is 0. The lowest BCUT2D eigenvalue weighted by Gasteiger charge is -2.29. The highest BCUT2D eigenvalue weighted by Gasteiger charge is 2.30. The SMILES string of the molecule is CCOC(=O)C(NCc1ccc(OCCN(CC)CC)cc1)c1cc(C(C)(C)C)c(O)c(C(C)(C)C)c1. The molecule has 0 saturated carbocycles. The maximum atomic E-state index is 13.1. The van der Waals surface area contributed by atoms with Gasteiger partial charge in [-0.1, -0.05) is 67.5 Å². The molecule has 0 aliphatic heterocycles. The molecule has 0 spiro atoms. The summed E-state index contributed by atoms with van der Waals surface area (Å²) in [5, 5.41) is 14.5. The van der Waals surface area contributed by atoms with Crippen LogP contribution < -0.4 is 10.1 Å². The van der Waals surface area contributed by atoms with Crippen molar-refractivity contribution in [3.05, 3.63) is 58.7 Å². The van der Waals surface area contributed by atoms with Gasteiger partial charge in [0.15, 0.2) is 0 Å². The summed E-state index contributed by atoms with van der Waals surface area (Å²) in [4.78, 5) is 15.4. The second-order valence-corrected chi connectivity index (χ2v) is 11.5. The normalized spacial score (nSPS) is 13.0. The maximum Gasteiger partial charge on any atom is 0.327 e. The van der Waals surface area contributed by atoms with Crippen molar-refractivity contribution in [1.29, 1.82) is 0 Å². The number of ether oxygens (including phenoxy) is 2. The minimum absolute atomic E-state index is 0.291. The first kappa shape index (κ1) is 30.7. The van der Waals surface area contributed by atoms with Crippen LogP contribution in [0.2, 0.25) is 0 Å². The smallest absolute Gasteiger partial charge is 0.327 e. The summed E-state index contributed by atoms with van der Waals surface area (Å²) >= 11 is 0. The first-order valence-electron chi connectivity index (χ1n) is 13.5. The fourth-order valence-electron chi connectivity index (χ4n) is 4.29. The molecule has 2 N–H and O–H groups in total. The third-order valence-corrected chi connectivity index (χ3v) is 6.61. The van der Waals surface area contributed by atoms with Crippen molar-refractivity contribution in [2.45, 2.75) is 85.7 Å². The van der Waals surface area contributed by atoms with Crippen LogP contribution in [-0.2, 0) is 26.9 Å². The highest BCUT2D eigenvalue weighted by molar-refractivity contribution is 5.78. The van der Waals surface area contributed by atoms with Gasteiger partial charge in [0.05, 0.1) is 6.61 Å². The Morgan fingerprint density at radius 1 is 0.946 bits per heavy atom. The largest absolute Gasteiger partial charge is 0.507 e. The van der Waals surface area contributed by atoms with E-state index in [1.807, 2.05) is 43.3 Å².